The predicted molar refractivity (Wildman–Crippen MR) is 267 cm³/mol. The molecule has 2 unspecified atom stereocenters. The van der Waals surface area contributed by atoms with Crippen LogP contribution in [0.15, 0.2) is 200 Å². The molecular formula is C61H42N6. The number of rotatable bonds is 9. The van der Waals surface area contributed by atoms with Gasteiger partial charge in [0, 0.05) is 33.4 Å². The van der Waals surface area contributed by atoms with E-state index in [9.17, 15) is 5.26 Å². The first-order valence-electron chi connectivity index (χ1n) is 23.2. The first kappa shape index (κ1) is 39.0. The van der Waals surface area contributed by atoms with Crippen LogP contribution in [0.3, 0.4) is 0 Å². The molecule has 10 aromatic rings. The fourth-order valence-electron chi connectivity index (χ4n) is 11.3. The average Bonchev–Trinajstić information content (AvgIpc) is 3.40. The highest BCUT2D eigenvalue weighted by atomic mass is 15.0. The van der Waals surface area contributed by atoms with Crippen LogP contribution in [0.5, 0.6) is 0 Å². The maximum absolute atomic E-state index is 9.37. The highest BCUT2D eigenvalue weighted by molar-refractivity contribution is 5.87. The van der Waals surface area contributed by atoms with Crippen LogP contribution in [0.1, 0.15) is 30.4 Å². The van der Waals surface area contributed by atoms with Crippen molar-refractivity contribution in [2.24, 2.45) is 17.8 Å². The van der Waals surface area contributed by atoms with Crippen LogP contribution in [0.25, 0.3) is 101 Å². The van der Waals surface area contributed by atoms with E-state index in [4.69, 9.17) is 24.9 Å². The van der Waals surface area contributed by atoms with E-state index in [-0.39, 0.29) is 0 Å². The minimum atomic E-state index is 0.402. The summed E-state index contributed by atoms with van der Waals surface area (Å²) >= 11 is 0. The van der Waals surface area contributed by atoms with Gasteiger partial charge in [-0.3, -0.25) is 0 Å². The normalized spacial score (nSPS) is 18.8. The first-order chi connectivity index (χ1) is 33.0. The van der Waals surface area contributed by atoms with Gasteiger partial charge < -0.3 is 0 Å². The molecule has 2 aromatic heterocycles. The van der Waals surface area contributed by atoms with Crippen molar-refractivity contribution in [3.63, 3.8) is 0 Å². The van der Waals surface area contributed by atoms with E-state index in [1.165, 1.54) is 35.6 Å². The lowest BCUT2D eigenvalue weighted by Gasteiger charge is -2.76. The highest BCUT2D eigenvalue weighted by Crippen LogP contribution is 2.77. The molecule has 0 bridgehead atoms. The molecule has 3 aliphatic carbocycles. The molecule has 0 aliphatic heterocycles. The van der Waals surface area contributed by atoms with E-state index < -0.39 is 0 Å². The van der Waals surface area contributed by atoms with Crippen LogP contribution in [0.2, 0.25) is 0 Å². The third kappa shape index (κ3) is 6.82. The van der Waals surface area contributed by atoms with Crippen molar-refractivity contribution in [2.45, 2.75) is 24.7 Å². The predicted octanol–water partition coefficient (Wildman–Crippen LogP) is 14.3. The molecule has 0 amide bonds. The van der Waals surface area contributed by atoms with Gasteiger partial charge in [0.05, 0.1) is 23.0 Å². The van der Waals surface area contributed by atoms with Gasteiger partial charge in [0.1, 0.15) is 0 Å². The lowest BCUT2D eigenvalue weighted by Crippen LogP contribution is -2.71. The molecule has 0 spiro atoms. The van der Waals surface area contributed by atoms with Gasteiger partial charge in [0.15, 0.2) is 23.3 Å². The van der Waals surface area contributed by atoms with Crippen LogP contribution in [-0.4, -0.2) is 24.9 Å². The second-order valence-corrected chi connectivity index (χ2v) is 18.5. The smallest absolute Gasteiger partial charge is 0.164 e. The third-order valence-electron chi connectivity index (χ3n) is 14.8. The molecular weight excluding hydrogens is 817 g/mol. The summed E-state index contributed by atoms with van der Waals surface area (Å²) in [5, 5.41) is 11.7. The fourth-order valence-corrected chi connectivity index (χ4v) is 11.3. The van der Waals surface area contributed by atoms with E-state index >= 15 is 0 Å². The summed E-state index contributed by atoms with van der Waals surface area (Å²) in [5.74, 6) is 5.38. The van der Waals surface area contributed by atoms with Gasteiger partial charge in [-0.2, -0.15) is 5.26 Å². The maximum atomic E-state index is 9.37. The summed E-state index contributed by atoms with van der Waals surface area (Å²) < 4.78 is 0. The lowest BCUT2D eigenvalue weighted by atomic mass is 9.28. The number of nitrogens with zero attached hydrogens (tertiary/aromatic N) is 6. The minimum Gasteiger partial charge on any atom is -0.228 e. The number of benzene rings is 8. The topological polar surface area (TPSA) is 88.2 Å². The molecule has 316 valence electrons. The van der Waals surface area contributed by atoms with E-state index in [0.29, 0.717) is 34.3 Å². The molecule has 0 saturated heterocycles. The zero-order valence-corrected chi connectivity index (χ0v) is 36.6. The van der Waals surface area contributed by atoms with Crippen molar-refractivity contribution in [1.29, 1.82) is 5.26 Å². The van der Waals surface area contributed by atoms with Crippen molar-refractivity contribution in [3.05, 3.63) is 211 Å². The Hall–Kier alpha value is -8.40. The number of hydrogen-bond donors (Lipinski definition) is 0. The Morgan fingerprint density at radius 3 is 1.49 bits per heavy atom. The zero-order chi connectivity index (χ0) is 44.5. The third-order valence-corrected chi connectivity index (χ3v) is 14.8. The first-order valence-corrected chi connectivity index (χ1v) is 23.2. The Bertz CT molecular complexity index is 3550. The quantitative estimate of drug-likeness (QED) is 0.144. The van der Waals surface area contributed by atoms with Gasteiger partial charge in [-0.25, -0.2) is 24.9 Å². The molecule has 13 rings (SSSR count). The van der Waals surface area contributed by atoms with Gasteiger partial charge in [-0.1, -0.05) is 170 Å². The summed E-state index contributed by atoms with van der Waals surface area (Å²) in [6.45, 7) is 0. The van der Waals surface area contributed by atoms with E-state index in [2.05, 4.69) is 158 Å². The van der Waals surface area contributed by atoms with Gasteiger partial charge in [-0.15, -0.1) is 0 Å². The van der Waals surface area contributed by atoms with Crippen LogP contribution in [0.4, 0.5) is 0 Å². The Labute approximate surface area is 389 Å². The average molecular weight is 859 g/mol. The molecule has 0 radical (unpaired) electrons. The molecule has 2 heterocycles. The molecule has 67 heavy (non-hydrogen) atoms. The number of aromatic nitrogens is 5. The van der Waals surface area contributed by atoms with Gasteiger partial charge >= 0.3 is 0 Å². The lowest BCUT2D eigenvalue weighted by molar-refractivity contribution is -0.219. The molecule has 8 aromatic carbocycles. The molecule has 6 heteroatoms. The molecule has 6 nitrogen and oxygen atoms in total. The summed E-state index contributed by atoms with van der Waals surface area (Å²) in [4.78, 5) is 25.5. The molecule has 3 saturated carbocycles. The number of hydrogen-bond acceptors (Lipinski definition) is 6. The summed E-state index contributed by atoms with van der Waals surface area (Å²) in [7, 11) is 0. The largest absolute Gasteiger partial charge is 0.228 e. The molecule has 0 N–H and O–H groups in total. The van der Waals surface area contributed by atoms with Crippen molar-refractivity contribution < 1.29 is 0 Å². The van der Waals surface area contributed by atoms with Gasteiger partial charge in [0.2, 0.25) is 0 Å². The van der Waals surface area contributed by atoms with E-state index in [1.54, 1.807) is 0 Å². The van der Waals surface area contributed by atoms with Crippen LogP contribution in [-0.2, 0) is 5.41 Å². The maximum Gasteiger partial charge on any atom is 0.164 e. The summed E-state index contributed by atoms with van der Waals surface area (Å²) in [6.07, 6.45) is 4.12. The van der Waals surface area contributed by atoms with Crippen molar-refractivity contribution >= 4 is 10.8 Å². The van der Waals surface area contributed by atoms with Crippen LogP contribution >= 0.6 is 0 Å². The zero-order valence-electron chi connectivity index (χ0n) is 36.6. The number of nitriles is 1. The Kier molecular flexibility index (Phi) is 9.11. The second kappa shape index (κ2) is 15.6. The Morgan fingerprint density at radius 2 is 0.851 bits per heavy atom. The summed E-state index contributed by atoms with van der Waals surface area (Å²) in [6, 6.07) is 71.5. The van der Waals surface area contributed by atoms with Crippen LogP contribution in [0, 0.1) is 29.1 Å². The minimum absolute atomic E-state index is 0.402. The number of fused-ring (bicyclic) bond motifs is 1. The monoisotopic (exact) mass is 858 g/mol. The standard InChI is InChI=1S/C61H42N6/c62-37-38-13-15-42(16-14-38)48-11-6-12-50(32-48)60-66-58(65-59(67-60)46-27-29-53(30-28-46)61-35-51-33-52(36-61)56(51)61)45-24-19-41(20-25-45)40-17-22-43(23-18-40)54-34-55(64-57(63-54)44-8-2-1-3-9-44)49-26-21-39-7-4-5-10-47(39)31-49/h1-32,34,51-52,56H,33,35-36H2. The van der Waals surface area contributed by atoms with E-state index in [0.717, 1.165) is 84.8 Å². The highest BCUT2D eigenvalue weighted by Gasteiger charge is 2.71. The fraction of sp³-hybridized carbons (Fsp3) is 0.115. The molecule has 3 fully saturated rings. The van der Waals surface area contributed by atoms with Gasteiger partial charge in [0.25, 0.3) is 0 Å². The molecule has 3 aliphatic rings. The van der Waals surface area contributed by atoms with Crippen LogP contribution < -0.4 is 0 Å². The van der Waals surface area contributed by atoms with Crippen molar-refractivity contribution in [1.82, 2.24) is 24.9 Å². The van der Waals surface area contributed by atoms with Crippen molar-refractivity contribution in [2.75, 3.05) is 0 Å². The Morgan fingerprint density at radius 1 is 0.373 bits per heavy atom. The Balaban J connectivity index is 0.824. The van der Waals surface area contributed by atoms with Crippen molar-refractivity contribution in [3.8, 4) is 96.4 Å². The molecule has 2 atom stereocenters. The van der Waals surface area contributed by atoms with E-state index in [1.807, 2.05) is 48.5 Å². The second-order valence-electron chi connectivity index (χ2n) is 18.5. The SMILES string of the molecule is N#Cc1ccc(-c2cccc(-c3nc(-c4ccc(-c5ccc(-c6cc(-c7ccc8ccccc8c7)nc(-c7ccccc7)n6)cc5)cc4)nc(-c4ccc(C56CC7CC(C5)C76)cc4)n3)c2)cc1. The summed E-state index contributed by atoms with van der Waals surface area (Å²) in [5.41, 5.74) is 14.3. The van der Waals surface area contributed by atoms with Gasteiger partial charge in [-0.05, 0) is 111 Å².